The minimum atomic E-state index is -0.567. The molecule has 0 aromatic heterocycles. The largest absolute Gasteiger partial charge is 0.492 e. The van der Waals surface area contributed by atoms with Crippen molar-refractivity contribution in [2.75, 3.05) is 19.7 Å². The topological polar surface area (TPSA) is 75.8 Å². The fourth-order valence-electron chi connectivity index (χ4n) is 3.30. The zero-order chi connectivity index (χ0) is 21.2. The second-order valence-corrected chi connectivity index (χ2v) is 7.28. The summed E-state index contributed by atoms with van der Waals surface area (Å²) in [5.74, 6) is 0.392. The summed E-state index contributed by atoms with van der Waals surface area (Å²) in [5, 5.41) is 10.7. The molecule has 156 valence electrons. The lowest BCUT2D eigenvalue weighted by molar-refractivity contribution is -0.117. The van der Waals surface area contributed by atoms with Crippen LogP contribution in [0.5, 0.6) is 5.75 Å². The molecule has 0 aliphatic rings. The lowest BCUT2D eigenvalue weighted by atomic mass is 10.1. The van der Waals surface area contributed by atoms with Crippen LogP contribution in [-0.4, -0.2) is 35.6 Å². The third-order valence-electron chi connectivity index (χ3n) is 4.84. The molecule has 0 aliphatic heterocycles. The lowest BCUT2D eigenvalue weighted by Gasteiger charge is -2.25. The maximum Gasteiger partial charge on any atom is 0.221 e. The minimum Gasteiger partial charge on any atom is -0.492 e. The first kappa shape index (κ1) is 21.6. The number of nitrogens with two attached hydrogens (primary N) is 1. The number of aliphatic hydroxyl groups excluding tert-OH is 1. The molecule has 3 N–H and O–H groups in total. The summed E-state index contributed by atoms with van der Waals surface area (Å²) in [7, 11) is 0. The average Bonchev–Trinajstić information content (AvgIpc) is 2.76. The van der Waals surface area contributed by atoms with Crippen LogP contribution >= 0.6 is 0 Å². The highest BCUT2D eigenvalue weighted by atomic mass is 16.5. The van der Waals surface area contributed by atoms with Gasteiger partial charge in [-0.25, -0.2) is 0 Å². The molecule has 1 amide bonds. The highest BCUT2D eigenvalue weighted by molar-refractivity contribution is 5.76. The van der Waals surface area contributed by atoms with Gasteiger partial charge in [-0.1, -0.05) is 72.8 Å². The molecule has 5 heteroatoms. The summed E-state index contributed by atoms with van der Waals surface area (Å²) in [4.78, 5) is 13.2. The number of hydrogen-bond donors (Lipinski definition) is 2. The summed E-state index contributed by atoms with van der Waals surface area (Å²) in [5.41, 5.74) is 8.18. The van der Waals surface area contributed by atoms with Gasteiger partial charge in [0.2, 0.25) is 5.91 Å². The van der Waals surface area contributed by atoms with Crippen LogP contribution < -0.4 is 10.5 Å². The number of carbonyl (C=O) groups is 1. The number of nitrogens with zero attached hydrogens (tertiary/aromatic N) is 1. The maximum absolute atomic E-state index is 11.0. The van der Waals surface area contributed by atoms with Gasteiger partial charge in [-0.2, -0.15) is 0 Å². The molecule has 1 unspecified atom stereocenters. The van der Waals surface area contributed by atoms with Gasteiger partial charge in [0.15, 0.2) is 0 Å². The average molecular weight is 405 g/mol. The monoisotopic (exact) mass is 404 g/mol. The first-order chi connectivity index (χ1) is 14.6. The molecule has 3 aromatic carbocycles. The van der Waals surface area contributed by atoms with E-state index in [1.807, 2.05) is 72.8 Å². The standard InChI is InChI=1S/C25H28N2O3/c26-25(29)17-20-11-13-23(14-12-20)30-16-15-27(18-21-7-3-1-4-8-21)19-24(28)22-9-5-2-6-10-22/h1-14,24,28H,15-19H2,(H2,26,29). The van der Waals surface area contributed by atoms with Gasteiger partial charge in [0.1, 0.15) is 12.4 Å². The van der Waals surface area contributed by atoms with Crippen LogP contribution in [0.2, 0.25) is 0 Å². The van der Waals surface area contributed by atoms with Gasteiger partial charge >= 0.3 is 0 Å². The van der Waals surface area contributed by atoms with Crippen LogP contribution in [0.15, 0.2) is 84.9 Å². The van der Waals surface area contributed by atoms with Gasteiger partial charge in [0, 0.05) is 19.6 Å². The fraction of sp³-hybridized carbons (Fsp3) is 0.240. The molecule has 0 radical (unpaired) electrons. The molecule has 0 saturated carbocycles. The molecular formula is C25H28N2O3. The molecule has 0 saturated heterocycles. The number of rotatable bonds is 11. The highest BCUT2D eigenvalue weighted by Gasteiger charge is 2.14. The Morgan fingerprint density at radius 1 is 0.900 bits per heavy atom. The Hall–Kier alpha value is -3.15. The minimum absolute atomic E-state index is 0.225. The van der Waals surface area contributed by atoms with Crippen molar-refractivity contribution >= 4 is 5.91 Å². The zero-order valence-electron chi connectivity index (χ0n) is 17.0. The van der Waals surface area contributed by atoms with Crippen molar-refractivity contribution in [1.29, 1.82) is 0 Å². The predicted octanol–water partition coefficient (Wildman–Crippen LogP) is 3.33. The molecule has 0 bridgehead atoms. The summed E-state index contributed by atoms with van der Waals surface area (Å²) >= 11 is 0. The van der Waals surface area contributed by atoms with E-state index in [2.05, 4.69) is 17.0 Å². The molecule has 0 heterocycles. The van der Waals surface area contributed by atoms with E-state index in [4.69, 9.17) is 10.5 Å². The molecule has 3 rings (SSSR count). The van der Waals surface area contributed by atoms with Crippen LogP contribution in [0.4, 0.5) is 0 Å². The Kier molecular flexibility index (Phi) is 8.01. The van der Waals surface area contributed by atoms with E-state index < -0.39 is 6.10 Å². The Balaban J connectivity index is 1.58. The van der Waals surface area contributed by atoms with E-state index >= 15 is 0 Å². The number of carbonyl (C=O) groups excluding carboxylic acids is 1. The van der Waals surface area contributed by atoms with Gasteiger partial charge in [-0.05, 0) is 28.8 Å². The number of aliphatic hydroxyl groups is 1. The first-order valence-corrected chi connectivity index (χ1v) is 10.1. The van der Waals surface area contributed by atoms with Crippen molar-refractivity contribution in [1.82, 2.24) is 4.90 Å². The maximum atomic E-state index is 11.0. The molecule has 0 fully saturated rings. The SMILES string of the molecule is NC(=O)Cc1ccc(OCCN(Cc2ccccc2)CC(O)c2ccccc2)cc1. The summed E-state index contributed by atoms with van der Waals surface area (Å²) in [6.45, 7) is 2.40. The number of primary amides is 1. The van der Waals surface area contributed by atoms with E-state index in [1.54, 1.807) is 0 Å². The Morgan fingerprint density at radius 2 is 1.53 bits per heavy atom. The smallest absolute Gasteiger partial charge is 0.221 e. The van der Waals surface area contributed by atoms with Gasteiger partial charge < -0.3 is 15.6 Å². The molecular weight excluding hydrogens is 376 g/mol. The van der Waals surface area contributed by atoms with E-state index in [0.717, 1.165) is 23.4 Å². The molecule has 3 aromatic rings. The second-order valence-electron chi connectivity index (χ2n) is 7.28. The third-order valence-corrected chi connectivity index (χ3v) is 4.84. The number of ether oxygens (including phenoxy) is 1. The summed E-state index contributed by atoms with van der Waals surface area (Å²) in [6.07, 6.45) is -0.342. The van der Waals surface area contributed by atoms with Crippen molar-refractivity contribution in [2.24, 2.45) is 5.73 Å². The van der Waals surface area contributed by atoms with Crippen LogP contribution in [0.1, 0.15) is 22.8 Å². The number of hydrogen-bond acceptors (Lipinski definition) is 4. The molecule has 30 heavy (non-hydrogen) atoms. The van der Waals surface area contributed by atoms with Crippen LogP contribution in [-0.2, 0) is 17.8 Å². The van der Waals surface area contributed by atoms with E-state index in [0.29, 0.717) is 19.7 Å². The quantitative estimate of drug-likeness (QED) is 0.514. The van der Waals surface area contributed by atoms with Gasteiger partial charge in [0.25, 0.3) is 0 Å². The second kappa shape index (κ2) is 11.1. The van der Waals surface area contributed by atoms with Crippen LogP contribution in [0.3, 0.4) is 0 Å². The van der Waals surface area contributed by atoms with Crippen molar-refractivity contribution < 1.29 is 14.6 Å². The van der Waals surface area contributed by atoms with Crippen molar-refractivity contribution in [3.63, 3.8) is 0 Å². The Labute approximate surface area is 177 Å². The van der Waals surface area contributed by atoms with Gasteiger partial charge in [0.05, 0.1) is 12.5 Å². The number of benzene rings is 3. The molecule has 1 atom stereocenters. The van der Waals surface area contributed by atoms with Crippen LogP contribution in [0, 0.1) is 0 Å². The normalized spacial score (nSPS) is 11.9. The first-order valence-electron chi connectivity index (χ1n) is 10.1. The zero-order valence-corrected chi connectivity index (χ0v) is 17.0. The van der Waals surface area contributed by atoms with Gasteiger partial charge in [-0.15, -0.1) is 0 Å². The lowest BCUT2D eigenvalue weighted by Crippen LogP contribution is -2.32. The molecule has 0 spiro atoms. The van der Waals surface area contributed by atoms with Crippen LogP contribution in [0.25, 0.3) is 0 Å². The molecule has 0 aliphatic carbocycles. The predicted molar refractivity (Wildman–Crippen MR) is 118 cm³/mol. The number of amides is 1. The van der Waals surface area contributed by atoms with Gasteiger partial charge in [-0.3, -0.25) is 9.69 Å². The molecule has 5 nitrogen and oxygen atoms in total. The Morgan fingerprint density at radius 3 is 2.17 bits per heavy atom. The highest BCUT2D eigenvalue weighted by Crippen LogP contribution is 2.16. The Bertz CT molecular complexity index is 899. The van der Waals surface area contributed by atoms with Crippen molar-refractivity contribution in [3.05, 3.63) is 102 Å². The van der Waals surface area contributed by atoms with Crippen molar-refractivity contribution in [3.8, 4) is 5.75 Å². The summed E-state index contributed by atoms with van der Waals surface area (Å²) in [6, 6.07) is 27.3. The summed E-state index contributed by atoms with van der Waals surface area (Å²) < 4.78 is 5.88. The fourth-order valence-corrected chi connectivity index (χ4v) is 3.30. The van der Waals surface area contributed by atoms with E-state index in [-0.39, 0.29) is 12.3 Å². The van der Waals surface area contributed by atoms with E-state index in [9.17, 15) is 9.90 Å². The third kappa shape index (κ3) is 7.03. The van der Waals surface area contributed by atoms with Crippen molar-refractivity contribution in [2.45, 2.75) is 19.1 Å². The van der Waals surface area contributed by atoms with E-state index in [1.165, 1.54) is 5.56 Å².